The Morgan fingerprint density at radius 2 is 1.74 bits per heavy atom. The summed E-state index contributed by atoms with van der Waals surface area (Å²) in [6.07, 6.45) is 3.52. The lowest BCUT2D eigenvalue weighted by atomic mass is 9.68. The Bertz CT molecular complexity index is 1260. The zero-order chi connectivity index (χ0) is 27.2. The minimum absolute atomic E-state index is 0.00630. The number of piperidine rings is 1. The SMILES string of the molecule is Cc1c(F)cccc1[C@@H]1[C@@H](C(=O)c2cccc(O)c2)CN(CCCCN(C)C)C[C@H]1C(=O)c1ccccn1. The van der Waals surface area contributed by atoms with Gasteiger partial charge < -0.3 is 14.9 Å². The second kappa shape index (κ2) is 12.4. The van der Waals surface area contributed by atoms with E-state index in [0.29, 0.717) is 35.5 Å². The summed E-state index contributed by atoms with van der Waals surface area (Å²) in [6.45, 7) is 4.32. The molecule has 0 radical (unpaired) electrons. The van der Waals surface area contributed by atoms with Crippen LogP contribution in [0, 0.1) is 24.6 Å². The normalized spacial score (nSPS) is 20.0. The molecule has 0 spiro atoms. The number of likely N-dealkylation sites (tertiary alicyclic amines) is 1. The van der Waals surface area contributed by atoms with Crippen molar-refractivity contribution in [1.82, 2.24) is 14.8 Å². The molecule has 6 nitrogen and oxygen atoms in total. The van der Waals surface area contributed by atoms with E-state index in [4.69, 9.17) is 0 Å². The van der Waals surface area contributed by atoms with Crippen LogP contribution in [0.25, 0.3) is 0 Å². The molecule has 1 N–H and O–H groups in total. The van der Waals surface area contributed by atoms with E-state index in [1.807, 2.05) is 20.2 Å². The van der Waals surface area contributed by atoms with Gasteiger partial charge in [0.2, 0.25) is 0 Å². The number of hydrogen-bond donors (Lipinski definition) is 1. The summed E-state index contributed by atoms with van der Waals surface area (Å²) in [4.78, 5) is 36.6. The Balaban J connectivity index is 1.77. The fraction of sp³-hybridized carbons (Fsp3) is 0.387. The molecular weight excluding hydrogens is 481 g/mol. The number of phenols is 1. The van der Waals surface area contributed by atoms with Gasteiger partial charge in [0, 0.05) is 42.6 Å². The molecular formula is C31H36FN3O3. The van der Waals surface area contributed by atoms with Gasteiger partial charge in [-0.3, -0.25) is 14.6 Å². The number of hydrogen-bond acceptors (Lipinski definition) is 6. The van der Waals surface area contributed by atoms with Crippen LogP contribution in [0.15, 0.2) is 66.9 Å². The highest BCUT2D eigenvalue weighted by molar-refractivity contribution is 6.01. The standard InChI is InChI=1S/C31H36FN3O3/c1-21-24(12-9-13-27(21)32)29-25(30(37)22-10-8-11-23(36)18-22)19-35(17-7-6-16-34(2)3)20-26(29)31(38)28-14-4-5-15-33-28/h4-5,8-15,18,25-26,29,36H,6-7,16-17,19-20H2,1-3H3/t25-,26+,29+/m0/s1. The first-order valence-electron chi connectivity index (χ1n) is 13.2. The lowest BCUT2D eigenvalue weighted by molar-refractivity contribution is 0.0564. The van der Waals surface area contributed by atoms with Crippen LogP contribution in [-0.4, -0.2) is 71.7 Å². The number of pyridine rings is 1. The van der Waals surface area contributed by atoms with E-state index < -0.39 is 17.8 Å². The van der Waals surface area contributed by atoms with Crippen molar-refractivity contribution in [1.29, 1.82) is 0 Å². The van der Waals surface area contributed by atoms with E-state index in [0.717, 1.165) is 25.9 Å². The van der Waals surface area contributed by atoms with E-state index in [1.165, 1.54) is 18.2 Å². The number of carbonyl (C=O) groups excluding carboxylic acids is 2. The van der Waals surface area contributed by atoms with Crippen LogP contribution >= 0.6 is 0 Å². The maximum atomic E-state index is 14.8. The lowest BCUT2D eigenvalue weighted by Gasteiger charge is -2.43. The number of nitrogens with zero attached hydrogens (tertiary/aromatic N) is 3. The van der Waals surface area contributed by atoms with Crippen molar-refractivity contribution in [2.45, 2.75) is 25.7 Å². The topological polar surface area (TPSA) is 73.7 Å². The van der Waals surface area contributed by atoms with Crippen LogP contribution in [-0.2, 0) is 0 Å². The second-order valence-electron chi connectivity index (χ2n) is 10.5. The average molecular weight is 518 g/mol. The van der Waals surface area contributed by atoms with Crippen molar-refractivity contribution in [3.63, 3.8) is 0 Å². The molecule has 0 bridgehead atoms. The predicted octanol–water partition coefficient (Wildman–Crippen LogP) is 4.97. The molecule has 2 aromatic carbocycles. The average Bonchev–Trinajstić information content (AvgIpc) is 2.92. The maximum absolute atomic E-state index is 14.8. The van der Waals surface area contributed by atoms with Gasteiger partial charge >= 0.3 is 0 Å². The molecule has 1 aliphatic rings. The number of aromatic hydroxyl groups is 1. The maximum Gasteiger partial charge on any atom is 0.186 e. The van der Waals surface area contributed by atoms with Gasteiger partial charge in [0.25, 0.3) is 0 Å². The first-order chi connectivity index (χ1) is 18.3. The molecule has 0 unspecified atom stereocenters. The Labute approximate surface area is 224 Å². The first kappa shape index (κ1) is 27.6. The van der Waals surface area contributed by atoms with E-state index >= 15 is 0 Å². The molecule has 2 heterocycles. The summed E-state index contributed by atoms with van der Waals surface area (Å²) in [5, 5.41) is 10.1. The zero-order valence-electron chi connectivity index (χ0n) is 22.3. The quantitative estimate of drug-likeness (QED) is 0.302. The van der Waals surface area contributed by atoms with Crippen LogP contribution in [0.1, 0.15) is 50.7 Å². The Kier molecular flexibility index (Phi) is 9.02. The monoisotopic (exact) mass is 517 g/mol. The predicted molar refractivity (Wildman–Crippen MR) is 146 cm³/mol. The number of Topliss-reactive ketones (excluding diaryl/α,β-unsaturated/α-hetero) is 2. The van der Waals surface area contributed by atoms with Gasteiger partial charge in [0.1, 0.15) is 17.3 Å². The Hall–Kier alpha value is -3.42. The van der Waals surface area contributed by atoms with Gasteiger partial charge in [-0.15, -0.1) is 0 Å². The van der Waals surface area contributed by atoms with Crippen molar-refractivity contribution >= 4 is 11.6 Å². The number of aromatic nitrogens is 1. The molecule has 38 heavy (non-hydrogen) atoms. The molecule has 3 aromatic rings. The molecule has 1 aliphatic heterocycles. The van der Waals surface area contributed by atoms with E-state index in [2.05, 4.69) is 14.8 Å². The van der Waals surface area contributed by atoms with Crippen LogP contribution in [0.2, 0.25) is 0 Å². The van der Waals surface area contributed by atoms with Crippen molar-refractivity contribution < 1.29 is 19.1 Å². The van der Waals surface area contributed by atoms with Crippen LogP contribution in [0.3, 0.4) is 0 Å². The molecule has 3 atom stereocenters. The zero-order valence-corrected chi connectivity index (χ0v) is 22.3. The van der Waals surface area contributed by atoms with E-state index in [9.17, 15) is 19.1 Å². The van der Waals surface area contributed by atoms with E-state index in [1.54, 1.807) is 49.5 Å². The molecule has 7 heteroatoms. The summed E-state index contributed by atoms with van der Waals surface area (Å²) >= 11 is 0. The van der Waals surface area contributed by atoms with Crippen LogP contribution in [0.4, 0.5) is 4.39 Å². The number of rotatable bonds is 10. The molecule has 1 fully saturated rings. The molecule has 0 saturated carbocycles. The lowest BCUT2D eigenvalue weighted by Crippen LogP contribution is -2.51. The van der Waals surface area contributed by atoms with Gasteiger partial charge in [-0.1, -0.05) is 30.3 Å². The van der Waals surface area contributed by atoms with Crippen LogP contribution < -0.4 is 0 Å². The summed E-state index contributed by atoms with van der Waals surface area (Å²) in [5.74, 6) is -2.38. The van der Waals surface area contributed by atoms with Gasteiger partial charge in [-0.25, -0.2) is 4.39 Å². The Morgan fingerprint density at radius 3 is 2.42 bits per heavy atom. The van der Waals surface area contributed by atoms with Crippen molar-refractivity contribution in [3.05, 3.63) is 95.1 Å². The smallest absolute Gasteiger partial charge is 0.186 e. The number of carbonyl (C=O) groups is 2. The highest BCUT2D eigenvalue weighted by Gasteiger charge is 2.45. The minimum Gasteiger partial charge on any atom is -0.508 e. The molecule has 0 amide bonds. The van der Waals surface area contributed by atoms with Gasteiger partial charge in [-0.05, 0) is 88.4 Å². The van der Waals surface area contributed by atoms with Crippen LogP contribution in [0.5, 0.6) is 5.75 Å². The Morgan fingerprint density at radius 1 is 1.00 bits per heavy atom. The first-order valence-corrected chi connectivity index (χ1v) is 13.2. The van der Waals surface area contributed by atoms with Crippen molar-refractivity contribution in [3.8, 4) is 5.75 Å². The highest BCUT2D eigenvalue weighted by atomic mass is 19.1. The molecule has 4 rings (SSSR count). The van der Waals surface area contributed by atoms with Gasteiger partial charge in [0.05, 0.1) is 0 Å². The number of unbranched alkanes of at least 4 members (excludes halogenated alkanes) is 1. The highest BCUT2D eigenvalue weighted by Crippen LogP contribution is 2.42. The fourth-order valence-electron chi connectivity index (χ4n) is 5.57. The molecule has 1 saturated heterocycles. The number of halogens is 1. The summed E-state index contributed by atoms with van der Waals surface area (Å²) in [5.41, 5.74) is 1.84. The third-order valence-corrected chi connectivity index (χ3v) is 7.50. The number of phenolic OH excluding ortho intramolecular Hbond substituents is 1. The summed E-state index contributed by atoms with van der Waals surface area (Å²) in [7, 11) is 4.08. The second-order valence-corrected chi connectivity index (χ2v) is 10.5. The minimum atomic E-state index is -0.599. The van der Waals surface area contributed by atoms with Crippen molar-refractivity contribution in [2.24, 2.45) is 11.8 Å². The largest absolute Gasteiger partial charge is 0.508 e. The van der Waals surface area contributed by atoms with E-state index in [-0.39, 0.29) is 23.1 Å². The summed E-state index contributed by atoms with van der Waals surface area (Å²) in [6, 6.07) is 16.4. The summed E-state index contributed by atoms with van der Waals surface area (Å²) < 4.78 is 14.8. The number of ketones is 2. The van der Waals surface area contributed by atoms with Gasteiger partial charge in [0.15, 0.2) is 11.6 Å². The number of benzene rings is 2. The molecule has 1 aromatic heterocycles. The molecule has 200 valence electrons. The third-order valence-electron chi connectivity index (χ3n) is 7.50. The van der Waals surface area contributed by atoms with Crippen molar-refractivity contribution in [2.75, 3.05) is 40.3 Å². The van der Waals surface area contributed by atoms with Gasteiger partial charge in [-0.2, -0.15) is 0 Å². The molecule has 0 aliphatic carbocycles. The third kappa shape index (κ3) is 6.34. The fourth-order valence-corrected chi connectivity index (χ4v) is 5.57.